The van der Waals surface area contributed by atoms with Gasteiger partial charge in [-0.2, -0.15) is 0 Å². The summed E-state index contributed by atoms with van der Waals surface area (Å²) in [5.74, 6) is 0. The number of thiophene rings is 1. The van der Waals surface area contributed by atoms with Gasteiger partial charge in [0.1, 0.15) is 0 Å². The maximum atomic E-state index is 10.5. The topological polar surface area (TPSA) is 37.3 Å². The molecule has 66 valence electrons. The van der Waals surface area contributed by atoms with Gasteiger partial charge in [0.05, 0.1) is 5.02 Å². The fourth-order valence-corrected chi connectivity index (χ4v) is 2.25. The van der Waals surface area contributed by atoms with E-state index in [1.165, 1.54) is 11.3 Å². The van der Waals surface area contributed by atoms with Crippen LogP contribution in [0.15, 0.2) is 18.2 Å². The van der Waals surface area contributed by atoms with Crippen LogP contribution in [-0.4, -0.2) is 11.4 Å². The minimum atomic E-state index is 0.231. The highest BCUT2D eigenvalue weighted by Gasteiger charge is 2.05. The normalized spacial score (nSPS) is 10.5. The number of rotatable bonds is 1. The molecule has 4 heteroatoms. The molecule has 0 aliphatic rings. The van der Waals surface area contributed by atoms with Crippen LogP contribution in [0.5, 0.6) is 5.06 Å². The van der Waals surface area contributed by atoms with Crippen molar-refractivity contribution in [3.8, 4) is 5.06 Å². The third-order valence-corrected chi connectivity index (χ3v) is 2.98. The predicted molar refractivity (Wildman–Crippen MR) is 53.9 cm³/mol. The summed E-state index contributed by atoms with van der Waals surface area (Å²) in [4.78, 5) is 10.5. The monoisotopic (exact) mass is 212 g/mol. The lowest BCUT2D eigenvalue weighted by atomic mass is 10.2. The third kappa shape index (κ3) is 1.41. The van der Waals surface area contributed by atoms with Crippen LogP contribution in [-0.2, 0) is 0 Å². The first kappa shape index (κ1) is 8.53. The van der Waals surface area contributed by atoms with Crippen molar-refractivity contribution in [1.82, 2.24) is 0 Å². The van der Waals surface area contributed by atoms with Gasteiger partial charge in [-0.3, -0.25) is 4.79 Å². The molecule has 0 amide bonds. The van der Waals surface area contributed by atoms with E-state index in [2.05, 4.69) is 0 Å². The molecule has 0 radical (unpaired) electrons. The van der Waals surface area contributed by atoms with Crippen molar-refractivity contribution in [2.24, 2.45) is 0 Å². The molecule has 1 aromatic heterocycles. The van der Waals surface area contributed by atoms with E-state index in [1.54, 1.807) is 18.2 Å². The second-order valence-electron chi connectivity index (χ2n) is 2.61. The van der Waals surface area contributed by atoms with Crippen LogP contribution in [0, 0.1) is 0 Å². The lowest BCUT2D eigenvalue weighted by Gasteiger charge is -1.94. The minimum Gasteiger partial charge on any atom is -0.499 e. The number of benzene rings is 1. The molecule has 0 fully saturated rings. The molecular formula is C9H5ClO2S. The summed E-state index contributed by atoms with van der Waals surface area (Å²) in [5.41, 5.74) is 0.451. The van der Waals surface area contributed by atoms with E-state index >= 15 is 0 Å². The molecule has 0 bridgehead atoms. The molecule has 0 spiro atoms. The Morgan fingerprint density at radius 3 is 2.85 bits per heavy atom. The molecule has 1 heterocycles. The molecule has 1 N–H and O–H groups in total. The van der Waals surface area contributed by atoms with E-state index in [9.17, 15) is 9.90 Å². The van der Waals surface area contributed by atoms with Gasteiger partial charge in [0.15, 0.2) is 11.3 Å². The van der Waals surface area contributed by atoms with E-state index in [-0.39, 0.29) is 5.06 Å². The summed E-state index contributed by atoms with van der Waals surface area (Å²) in [7, 11) is 0. The highest BCUT2D eigenvalue weighted by atomic mass is 35.5. The maximum absolute atomic E-state index is 10.5. The lowest BCUT2D eigenvalue weighted by Crippen LogP contribution is -1.79. The predicted octanol–water partition coefficient (Wildman–Crippen LogP) is 3.07. The van der Waals surface area contributed by atoms with Crippen LogP contribution in [0.1, 0.15) is 10.4 Å². The Balaban J connectivity index is 2.79. The Labute approximate surface area is 83.4 Å². The smallest absolute Gasteiger partial charge is 0.172 e. The Kier molecular flexibility index (Phi) is 1.98. The quantitative estimate of drug-likeness (QED) is 0.738. The average molecular weight is 213 g/mol. The van der Waals surface area contributed by atoms with Crippen molar-refractivity contribution in [2.75, 3.05) is 0 Å². The Morgan fingerprint density at radius 2 is 2.15 bits per heavy atom. The molecule has 2 nitrogen and oxygen atoms in total. The van der Waals surface area contributed by atoms with Gasteiger partial charge in [0, 0.05) is 10.3 Å². The third-order valence-electron chi connectivity index (χ3n) is 1.75. The zero-order valence-electron chi connectivity index (χ0n) is 6.45. The van der Waals surface area contributed by atoms with Crippen molar-refractivity contribution in [3.05, 3.63) is 28.8 Å². The summed E-state index contributed by atoms with van der Waals surface area (Å²) >= 11 is 7.05. The summed E-state index contributed by atoms with van der Waals surface area (Å²) < 4.78 is 0.883. The number of halogens is 1. The molecule has 0 aliphatic carbocycles. The SMILES string of the molecule is O=Cc1cc2cc(O)sc2cc1Cl. The van der Waals surface area contributed by atoms with Crippen LogP contribution < -0.4 is 0 Å². The van der Waals surface area contributed by atoms with E-state index in [1.807, 2.05) is 0 Å². The van der Waals surface area contributed by atoms with Gasteiger partial charge in [0.25, 0.3) is 0 Å². The van der Waals surface area contributed by atoms with E-state index in [4.69, 9.17) is 11.6 Å². The van der Waals surface area contributed by atoms with Crippen LogP contribution in [0.4, 0.5) is 0 Å². The number of aromatic hydroxyl groups is 1. The van der Waals surface area contributed by atoms with Gasteiger partial charge in [-0.05, 0) is 23.6 Å². The summed E-state index contributed by atoms with van der Waals surface area (Å²) in [6.07, 6.45) is 0.705. The molecule has 0 saturated carbocycles. The summed E-state index contributed by atoms with van der Waals surface area (Å²) in [6, 6.07) is 4.97. The zero-order valence-corrected chi connectivity index (χ0v) is 8.02. The molecule has 0 atom stereocenters. The standard InChI is InChI=1S/C9H5ClO2S/c10-7-3-8-5(1-6(7)4-11)2-9(12)13-8/h1-4,12H. The van der Waals surface area contributed by atoms with Gasteiger partial charge < -0.3 is 5.11 Å². The van der Waals surface area contributed by atoms with Gasteiger partial charge in [-0.25, -0.2) is 0 Å². The first-order chi connectivity index (χ1) is 6.20. The Bertz CT molecular complexity index is 476. The van der Waals surface area contributed by atoms with Crippen molar-refractivity contribution < 1.29 is 9.90 Å². The van der Waals surface area contributed by atoms with Gasteiger partial charge in [-0.1, -0.05) is 22.9 Å². The van der Waals surface area contributed by atoms with Crippen molar-refractivity contribution in [2.45, 2.75) is 0 Å². The zero-order chi connectivity index (χ0) is 9.42. The van der Waals surface area contributed by atoms with Crippen molar-refractivity contribution >= 4 is 39.3 Å². The summed E-state index contributed by atoms with van der Waals surface area (Å²) in [5, 5.41) is 10.7. The van der Waals surface area contributed by atoms with Crippen molar-refractivity contribution in [3.63, 3.8) is 0 Å². The van der Waals surface area contributed by atoms with Crippen LogP contribution >= 0.6 is 22.9 Å². The van der Waals surface area contributed by atoms with E-state index < -0.39 is 0 Å². The number of hydrogen-bond acceptors (Lipinski definition) is 3. The van der Waals surface area contributed by atoms with Crippen molar-refractivity contribution in [1.29, 1.82) is 0 Å². The van der Waals surface area contributed by atoms with Crippen LogP contribution in [0.25, 0.3) is 10.1 Å². The largest absolute Gasteiger partial charge is 0.499 e. The van der Waals surface area contributed by atoms with Gasteiger partial charge in [0.2, 0.25) is 0 Å². The van der Waals surface area contributed by atoms with Gasteiger partial charge >= 0.3 is 0 Å². The molecule has 13 heavy (non-hydrogen) atoms. The molecular weight excluding hydrogens is 208 g/mol. The molecule has 1 aromatic carbocycles. The Morgan fingerprint density at radius 1 is 1.38 bits per heavy atom. The number of carbonyl (C=O) groups is 1. The minimum absolute atomic E-state index is 0.231. The fraction of sp³-hybridized carbons (Fsp3) is 0. The number of fused-ring (bicyclic) bond motifs is 1. The number of hydrogen-bond donors (Lipinski definition) is 1. The van der Waals surface area contributed by atoms with E-state index in [0.29, 0.717) is 16.9 Å². The average Bonchev–Trinajstić information content (AvgIpc) is 2.42. The number of aldehydes is 1. The van der Waals surface area contributed by atoms with Crippen LogP contribution in [0.2, 0.25) is 5.02 Å². The first-order valence-electron chi connectivity index (χ1n) is 3.58. The molecule has 2 rings (SSSR count). The van der Waals surface area contributed by atoms with Gasteiger partial charge in [-0.15, -0.1) is 0 Å². The lowest BCUT2D eigenvalue weighted by molar-refractivity contribution is 0.112. The fourth-order valence-electron chi connectivity index (χ4n) is 1.16. The molecule has 2 aromatic rings. The maximum Gasteiger partial charge on any atom is 0.172 e. The van der Waals surface area contributed by atoms with Crippen LogP contribution in [0.3, 0.4) is 0 Å². The molecule has 0 saturated heterocycles. The summed E-state index contributed by atoms with van der Waals surface area (Å²) in [6.45, 7) is 0. The number of carbonyl (C=O) groups excluding carboxylic acids is 1. The van der Waals surface area contributed by atoms with E-state index in [0.717, 1.165) is 10.1 Å². The second-order valence-corrected chi connectivity index (χ2v) is 4.08. The molecule has 0 unspecified atom stereocenters. The first-order valence-corrected chi connectivity index (χ1v) is 4.77. The highest BCUT2D eigenvalue weighted by Crippen LogP contribution is 2.33. The Hall–Kier alpha value is -1.06. The highest BCUT2D eigenvalue weighted by molar-refractivity contribution is 7.20. The molecule has 0 aliphatic heterocycles. The second kappa shape index (κ2) is 3.01.